The number of benzene rings is 2. The summed E-state index contributed by atoms with van der Waals surface area (Å²) in [6.07, 6.45) is 2.40. The van der Waals surface area contributed by atoms with Crippen molar-refractivity contribution in [2.45, 2.75) is 59.7 Å². The van der Waals surface area contributed by atoms with Gasteiger partial charge in [0.1, 0.15) is 13.1 Å². The van der Waals surface area contributed by atoms with Crippen LogP contribution in [0.4, 0.5) is 0 Å². The molecule has 0 aliphatic carbocycles. The second-order valence-electron chi connectivity index (χ2n) is 11.9. The molecule has 2 aromatic rings. The van der Waals surface area contributed by atoms with Gasteiger partial charge in [-0.1, -0.05) is 52.0 Å². The zero-order valence-electron chi connectivity index (χ0n) is 23.5. The molecule has 0 aromatic heterocycles. The van der Waals surface area contributed by atoms with Crippen molar-refractivity contribution in [3.8, 4) is 0 Å². The van der Waals surface area contributed by atoms with E-state index in [9.17, 15) is 9.59 Å². The molecule has 2 aromatic carbocycles. The van der Waals surface area contributed by atoms with Crippen LogP contribution in [-0.4, -0.2) is 66.5 Å². The van der Waals surface area contributed by atoms with Gasteiger partial charge in [-0.05, 0) is 36.1 Å². The summed E-state index contributed by atoms with van der Waals surface area (Å²) in [4.78, 5) is 28.2. The normalized spacial score (nSPS) is 20.1. The fourth-order valence-electron chi connectivity index (χ4n) is 5.83. The molecule has 2 N–H and O–H groups in total. The van der Waals surface area contributed by atoms with Crippen LogP contribution in [0.1, 0.15) is 72.4 Å². The third-order valence-electron chi connectivity index (χ3n) is 7.91. The minimum atomic E-state index is 0. The lowest BCUT2D eigenvalue weighted by molar-refractivity contribution is -0.973. The lowest BCUT2D eigenvalue weighted by atomic mass is 9.98. The maximum Gasteiger partial charge on any atom is 0.251 e. The summed E-state index contributed by atoms with van der Waals surface area (Å²) in [5.74, 6) is 0.855. The number of piperidine rings is 1. The van der Waals surface area contributed by atoms with E-state index in [1.165, 1.54) is 37.1 Å². The molecule has 0 spiro atoms. The van der Waals surface area contributed by atoms with Crippen molar-refractivity contribution in [1.82, 2.24) is 15.5 Å². The van der Waals surface area contributed by atoms with Gasteiger partial charge in [-0.15, -0.1) is 0 Å². The van der Waals surface area contributed by atoms with Gasteiger partial charge >= 0.3 is 0 Å². The predicted octanol–water partition coefficient (Wildman–Crippen LogP) is 1.46. The Morgan fingerprint density at radius 1 is 0.816 bits per heavy atom. The SMILES string of the molecule is CC(C)CNC(=O)c1cccc(C[N+]2(Cc3cccc(C(=O)NCC(C)C)c3)CCN3CCC2CC3)c1.[Cl-]. The van der Waals surface area contributed by atoms with Crippen LogP contribution in [-0.2, 0) is 13.1 Å². The van der Waals surface area contributed by atoms with Crippen LogP contribution in [0, 0.1) is 11.8 Å². The number of carbonyl (C=O) groups excluding carboxylic acids is 2. The number of nitrogens with zero attached hydrogens (tertiary/aromatic N) is 2. The van der Waals surface area contributed by atoms with Crippen LogP contribution in [0.3, 0.4) is 0 Å². The molecule has 208 valence electrons. The second-order valence-corrected chi connectivity index (χ2v) is 11.9. The molecular weight excluding hydrogens is 496 g/mol. The van der Waals surface area contributed by atoms with E-state index in [1.807, 2.05) is 24.3 Å². The van der Waals surface area contributed by atoms with Gasteiger partial charge in [0.15, 0.2) is 0 Å². The number of quaternary nitrogens is 1. The number of hydrogen-bond donors (Lipinski definition) is 2. The summed E-state index contributed by atoms with van der Waals surface area (Å²) in [5.41, 5.74) is 3.90. The van der Waals surface area contributed by atoms with Gasteiger partial charge in [0.05, 0.1) is 12.6 Å². The number of hydrogen-bond acceptors (Lipinski definition) is 3. The Morgan fingerprint density at radius 3 is 1.74 bits per heavy atom. The van der Waals surface area contributed by atoms with Crippen LogP contribution in [0.5, 0.6) is 0 Å². The van der Waals surface area contributed by atoms with E-state index in [0.717, 1.165) is 41.8 Å². The lowest BCUT2D eigenvalue weighted by Gasteiger charge is -2.44. The Balaban J connectivity index is 0.00000400. The number of halogens is 1. The van der Waals surface area contributed by atoms with E-state index in [0.29, 0.717) is 31.0 Å². The fourth-order valence-corrected chi connectivity index (χ4v) is 5.83. The number of rotatable bonds is 10. The van der Waals surface area contributed by atoms with Crippen molar-refractivity contribution in [3.63, 3.8) is 0 Å². The average molecular weight is 541 g/mol. The van der Waals surface area contributed by atoms with Gasteiger partial charge in [0.25, 0.3) is 11.8 Å². The molecule has 3 fully saturated rings. The van der Waals surface area contributed by atoms with Crippen LogP contribution < -0.4 is 23.0 Å². The van der Waals surface area contributed by atoms with Crippen molar-refractivity contribution < 1.29 is 26.5 Å². The van der Waals surface area contributed by atoms with Crippen LogP contribution in [0.2, 0.25) is 0 Å². The van der Waals surface area contributed by atoms with Crippen molar-refractivity contribution in [3.05, 3.63) is 70.8 Å². The van der Waals surface area contributed by atoms with E-state index >= 15 is 0 Å². The molecule has 3 aliphatic rings. The van der Waals surface area contributed by atoms with Gasteiger partial charge < -0.3 is 27.5 Å². The van der Waals surface area contributed by atoms with Crippen LogP contribution >= 0.6 is 0 Å². The minimum absolute atomic E-state index is 0. The summed E-state index contributed by atoms with van der Waals surface area (Å²) in [6.45, 7) is 16.1. The van der Waals surface area contributed by atoms with Crippen molar-refractivity contribution in [2.75, 3.05) is 39.3 Å². The van der Waals surface area contributed by atoms with Gasteiger partial charge in [-0.2, -0.15) is 0 Å². The van der Waals surface area contributed by atoms with Crippen LogP contribution in [0.15, 0.2) is 48.5 Å². The highest BCUT2D eigenvalue weighted by atomic mass is 35.5. The quantitative estimate of drug-likeness (QED) is 0.449. The highest BCUT2D eigenvalue weighted by Crippen LogP contribution is 2.33. The largest absolute Gasteiger partial charge is 1.00 e. The second kappa shape index (κ2) is 13.6. The zero-order chi connectivity index (χ0) is 26.4. The summed E-state index contributed by atoms with van der Waals surface area (Å²) < 4.78 is 0.977. The third kappa shape index (κ3) is 7.81. The highest BCUT2D eigenvalue weighted by Gasteiger charge is 2.42. The van der Waals surface area contributed by atoms with Gasteiger partial charge in [-0.3, -0.25) is 14.5 Å². The molecule has 5 rings (SSSR count). The van der Waals surface area contributed by atoms with E-state index < -0.39 is 0 Å². The van der Waals surface area contributed by atoms with Crippen molar-refractivity contribution in [2.24, 2.45) is 11.8 Å². The topological polar surface area (TPSA) is 61.4 Å². The van der Waals surface area contributed by atoms with E-state index in [-0.39, 0.29) is 24.2 Å². The molecule has 3 saturated heterocycles. The predicted molar refractivity (Wildman–Crippen MR) is 149 cm³/mol. The first kappa shape index (κ1) is 30.1. The Labute approximate surface area is 235 Å². The molecular formula is C31H45ClN4O2. The maximum atomic E-state index is 12.8. The third-order valence-corrected chi connectivity index (χ3v) is 7.91. The van der Waals surface area contributed by atoms with Gasteiger partial charge in [-0.25, -0.2) is 0 Å². The molecule has 0 atom stereocenters. The van der Waals surface area contributed by atoms with Gasteiger partial charge in [0.2, 0.25) is 0 Å². The number of amides is 2. The maximum absolute atomic E-state index is 12.8. The van der Waals surface area contributed by atoms with Gasteiger partial charge in [0, 0.05) is 67.8 Å². The average Bonchev–Trinajstić information content (AvgIpc) is 3.15. The zero-order valence-corrected chi connectivity index (χ0v) is 24.3. The summed E-state index contributed by atoms with van der Waals surface area (Å²) in [5, 5.41) is 6.12. The molecule has 3 heterocycles. The molecule has 0 unspecified atom stereocenters. The highest BCUT2D eigenvalue weighted by molar-refractivity contribution is 5.94. The Bertz CT molecular complexity index is 1010. The molecule has 38 heavy (non-hydrogen) atoms. The van der Waals surface area contributed by atoms with E-state index in [1.54, 1.807) is 0 Å². The van der Waals surface area contributed by atoms with E-state index in [2.05, 4.69) is 67.5 Å². The smallest absolute Gasteiger partial charge is 0.251 e. The molecule has 6 nitrogen and oxygen atoms in total. The fraction of sp³-hybridized carbons (Fsp3) is 0.548. The first-order valence-electron chi connectivity index (χ1n) is 14.1. The van der Waals surface area contributed by atoms with Crippen LogP contribution in [0.25, 0.3) is 0 Å². The standard InChI is InChI=1S/C31H44N4O2.ClH/c1-23(2)19-32-30(36)27-9-5-7-25(17-27)21-35(16-15-34-13-11-29(35)12-14-34)22-26-8-6-10-28(18-26)31(37)33-20-24(3)4;/h5-10,17-18,23-24,29H,11-16,19-22H2,1-4H3,(H-,32,33,36,37);1H. The lowest BCUT2D eigenvalue weighted by Crippen LogP contribution is -3.00. The molecule has 3 aliphatic heterocycles. The molecule has 0 radical (unpaired) electrons. The Kier molecular flexibility index (Phi) is 10.8. The first-order valence-corrected chi connectivity index (χ1v) is 14.1. The molecule has 2 amide bonds. The van der Waals surface area contributed by atoms with Crippen molar-refractivity contribution in [1.29, 1.82) is 0 Å². The summed E-state index contributed by atoms with van der Waals surface area (Å²) in [6, 6.07) is 17.0. The summed E-state index contributed by atoms with van der Waals surface area (Å²) >= 11 is 0. The monoisotopic (exact) mass is 540 g/mol. The Hall–Kier alpha value is -2.41. The first-order chi connectivity index (χ1) is 17.7. The number of carbonyl (C=O) groups is 2. The molecule has 0 saturated carbocycles. The molecule has 7 heteroatoms. The number of fused-ring (bicyclic) bond motifs is 4. The number of nitrogens with one attached hydrogen (secondary N) is 2. The Morgan fingerprint density at radius 2 is 1.29 bits per heavy atom. The summed E-state index contributed by atoms with van der Waals surface area (Å²) in [7, 11) is 0. The minimum Gasteiger partial charge on any atom is -1.00 e. The van der Waals surface area contributed by atoms with E-state index in [4.69, 9.17) is 0 Å². The molecule has 2 bridgehead atoms. The van der Waals surface area contributed by atoms with Crippen molar-refractivity contribution >= 4 is 11.8 Å².